The first-order valence-corrected chi connectivity index (χ1v) is 24.1. The smallest absolute Gasteiger partial charge is 0.200 e. The summed E-state index contributed by atoms with van der Waals surface area (Å²) in [6.45, 7) is 25.8. The molecule has 1 aromatic rings. The standard InChI is InChI=1S/C46H76O7Si/c1-31(2)54(32(3)4,33(5)6)53-39(27-38-25-35(8)44(50-38)34(7)22-24-47-29-36-17-12-11-13-18-36)26-37-19-16-20-40-41(49-37)28-43-46(10,52-40)30-45(9)42(51-43)21-14-15-23-48-45/h11-13,17-19,31-35,38-44H,14-16,20-30H2,1-10H3/t34-,35+,38-,39-,40+,41-,42-,43+,44+,45+,46-/m0/s1. The van der Waals surface area contributed by atoms with E-state index in [-0.39, 0.29) is 53.9 Å². The highest BCUT2D eigenvalue weighted by Gasteiger charge is 2.58. The van der Waals surface area contributed by atoms with Crippen LogP contribution >= 0.6 is 0 Å². The van der Waals surface area contributed by atoms with Crippen molar-refractivity contribution in [1.82, 2.24) is 0 Å². The van der Waals surface area contributed by atoms with Crippen LogP contribution in [0.4, 0.5) is 0 Å². The summed E-state index contributed by atoms with van der Waals surface area (Å²) in [6, 6.07) is 10.5. The average Bonchev–Trinajstić information content (AvgIpc) is 3.23. The van der Waals surface area contributed by atoms with Gasteiger partial charge in [0.15, 0.2) is 0 Å². The lowest BCUT2D eigenvalue weighted by Crippen LogP contribution is -2.66. The quantitative estimate of drug-likeness (QED) is 0.130. The summed E-state index contributed by atoms with van der Waals surface area (Å²) in [5.74, 6) is 2.01. The van der Waals surface area contributed by atoms with Gasteiger partial charge >= 0.3 is 0 Å². The van der Waals surface area contributed by atoms with Crippen molar-refractivity contribution in [1.29, 1.82) is 0 Å². The summed E-state index contributed by atoms with van der Waals surface area (Å²) < 4.78 is 48.2. The van der Waals surface area contributed by atoms with Crippen LogP contribution in [0.15, 0.2) is 42.2 Å². The number of hydrogen-bond donors (Lipinski definition) is 0. The summed E-state index contributed by atoms with van der Waals surface area (Å²) in [7, 11) is -2.17. The number of rotatable bonds is 15. The molecule has 0 aliphatic carbocycles. The van der Waals surface area contributed by atoms with Crippen LogP contribution in [0.25, 0.3) is 0 Å². The number of benzene rings is 1. The Morgan fingerprint density at radius 2 is 1.59 bits per heavy atom. The summed E-state index contributed by atoms with van der Waals surface area (Å²) >= 11 is 0. The molecule has 7 nitrogen and oxygen atoms in total. The van der Waals surface area contributed by atoms with Crippen molar-refractivity contribution in [2.24, 2.45) is 11.8 Å². The molecule has 4 fully saturated rings. The Balaban J connectivity index is 1.13. The maximum absolute atomic E-state index is 7.65. The van der Waals surface area contributed by atoms with Crippen molar-refractivity contribution in [2.75, 3.05) is 13.2 Å². The van der Waals surface area contributed by atoms with Crippen LogP contribution in [-0.2, 0) is 39.5 Å². The van der Waals surface area contributed by atoms with Gasteiger partial charge in [0.05, 0.1) is 60.2 Å². The molecule has 8 heteroatoms. The Morgan fingerprint density at radius 1 is 0.852 bits per heavy atom. The molecule has 54 heavy (non-hydrogen) atoms. The Bertz CT molecular complexity index is 1330. The molecule has 4 saturated heterocycles. The van der Waals surface area contributed by atoms with Crippen molar-refractivity contribution in [2.45, 2.75) is 217 Å². The van der Waals surface area contributed by atoms with Crippen molar-refractivity contribution in [3.8, 4) is 0 Å². The highest BCUT2D eigenvalue weighted by molar-refractivity contribution is 6.77. The fraction of sp³-hybridized carbons (Fsp3) is 0.826. The van der Waals surface area contributed by atoms with E-state index in [0.717, 1.165) is 89.6 Å². The van der Waals surface area contributed by atoms with E-state index in [0.29, 0.717) is 35.1 Å². The van der Waals surface area contributed by atoms with Gasteiger partial charge in [0, 0.05) is 32.5 Å². The van der Waals surface area contributed by atoms with E-state index in [1.165, 1.54) is 5.56 Å². The molecule has 0 saturated carbocycles. The van der Waals surface area contributed by atoms with Crippen molar-refractivity contribution >= 4 is 8.32 Å². The maximum atomic E-state index is 7.65. The summed E-state index contributed by atoms with van der Waals surface area (Å²) in [5, 5.41) is 0. The van der Waals surface area contributed by atoms with Crippen LogP contribution in [0, 0.1) is 11.8 Å². The molecule has 5 aliphatic heterocycles. The number of ether oxygens (including phenoxy) is 6. The molecular formula is C46H76O7Si. The Kier molecular flexibility index (Phi) is 14.2. The van der Waals surface area contributed by atoms with Crippen molar-refractivity contribution < 1.29 is 32.8 Å². The monoisotopic (exact) mass is 769 g/mol. The van der Waals surface area contributed by atoms with E-state index in [2.05, 4.69) is 106 Å². The topological polar surface area (TPSA) is 64.6 Å². The molecule has 11 atom stereocenters. The second-order valence-electron chi connectivity index (χ2n) is 19.3. The minimum absolute atomic E-state index is 0.00356. The highest BCUT2D eigenvalue weighted by Crippen LogP contribution is 2.50. The van der Waals surface area contributed by atoms with Gasteiger partial charge < -0.3 is 32.8 Å². The highest BCUT2D eigenvalue weighted by atomic mass is 28.4. The zero-order chi connectivity index (χ0) is 38.7. The van der Waals surface area contributed by atoms with Crippen LogP contribution in [0.3, 0.4) is 0 Å². The average molecular weight is 769 g/mol. The van der Waals surface area contributed by atoms with Gasteiger partial charge in [-0.05, 0) is 105 Å². The minimum atomic E-state index is -2.17. The molecule has 1 aromatic carbocycles. The van der Waals surface area contributed by atoms with Crippen molar-refractivity contribution in [3.63, 3.8) is 0 Å². The zero-order valence-corrected chi connectivity index (χ0v) is 36.6. The Labute approximate surface area is 330 Å². The van der Waals surface area contributed by atoms with Gasteiger partial charge in [-0.25, -0.2) is 0 Å². The molecule has 0 radical (unpaired) electrons. The van der Waals surface area contributed by atoms with E-state index >= 15 is 0 Å². The third-order valence-corrected chi connectivity index (χ3v) is 20.2. The van der Waals surface area contributed by atoms with Crippen LogP contribution in [0.5, 0.6) is 0 Å². The molecule has 0 aromatic heterocycles. The van der Waals surface area contributed by atoms with Crippen LogP contribution in [0.2, 0.25) is 16.6 Å². The van der Waals surface area contributed by atoms with E-state index in [9.17, 15) is 0 Å². The zero-order valence-electron chi connectivity index (χ0n) is 35.6. The number of hydrogen-bond acceptors (Lipinski definition) is 7. The summed E-state index contributed by atoms with van der Waals surface area (Å²) in [6.07, 6.45) is 13.6. The van der Waals surface area contributed by atoms with Gasteiger partial charge in [0.1, 0.15) is 6.10 Å². The molecule has 0 N–H and O–H groups in total. The second kappa shape index (κ2) is 18.1. The maximum Gasteiger partial charge on any atom is 0.200 e. The van der Waals surface area contributed by atoms with E-state index in [4.69, 9.17) is 32.8 Å². The Hall–Kier alpha value is -1.26. The van der Waals surface area contributed by atoms with Gasteiger partial charge in [0.25, 0.3) is 0 Å². The van der Waals surface area contributed by atoms with Gasteiger partial charge in [-0.1, -0.05) is 85.7 Å². The fourth-order valence-corrected chi connectivity index (χ4v) is 17.0. The van der Waals surface area contributed by atoms with Gasteiger partial charge in [-0.15, -0.1) is 0 Å². The first-order valence-electron chi connectivity index (χ1n) is 22.0. The predicted molar refractivity (Wildman–Crippen MR) is 219 cm³/mol. The van der Waals surface area contributed by atoms with Gasteiger partial charge in [-0.2, -0.15) is 0 Å². The molecule has 5 aliphatic rings. The molecule has 0 amide bonds. The molecule has 0 spiro atoms. The van der Waals surface area contributed by atoms with Crippen LogP contribution in [0.1, 0.15) is 145 Å². The second-order valence-corrected chi connectivity index (χ2v) is 24.7. The molecule has 0 unspecified atom stereocenters. The van der Waals surface area contributed by atoms with E-state index in [1.54, 1.807) is 0 Å². The number of fused-ring (bicyclic) bond motifs is 3. The summed E-state index contributed by atoms with van der Waals surface area (Å²) in [4.78, 5) is 0. The largest absolute Gasteiger partial charge is 0.492 e. The molecule has 6 rings (SSSR count). The lowest BCUT2D eigenvalue weighted by Gasteiger charge is -2.56. The minimum Gasteiger partial charge on any atom is -0.492 e. The van der Waals surface area contributed by atoms with Gasteiger partial charge in [-0.3, -0.25) is 0 Å². The predicted octanol–water partition coefficient (Wildman–Crippen LogP) is 11.1. The summed E-state index contributed by atoms with van der Waals surface area (Å²) in [5.41, 5.74) is 2.08. The van der Waals surface area contributed by atoms with Crippen LogP contribution < -0.4 is 0 Å². The first-order chi connectivity index (χ1) is 25.7. The van der Waals surface area contributed by atoms with Crippen LogP contribution in [-0.4, -0.2) is 75.5 Å². The third kappa shape index (κ3) is 9.53. The van der Waals surface area contributed by atoms with Crippen molar-refractivity contribution in [3.05, 3.63) is 47.7 Å². The third-order valence-electron chi connectivity index (χ3n) is 14.1. The molecule has 5 heterocycles. The molecule has 306 valence electrons. The molecule has 0 bridgehead atoms. The first kappa shape index (κ1) is 42.3. The van der Waals surface area contributed by atoms with E-state index < -0.39 is 8.32 Å². The SMILES string of the molecule is CC(C)[Si](O[C@@H](CC1=CCC[C@H]2O[C@@]3(C)C[C@@]4(C)OCCCC[C@@H]4O[C@@H]3C[C@@H]2O1)C[C@@H]1C[C@@H](C)[C@@H]([C@@H](C)CCOCc2ccccc2)O1)(C(C)C)C(C)C. The lowest BCUT2D eigenvalue weighted by atomic mass is 9.74. The van der Waals surface area contributed by atoms with E-state index in [1.807, 2.05) is 0 Å². The lowest BCUT2D eigenvalue weighted by molar-refractivity contribution is -0.311. The normalized spacial score (nSPS) is 35.7. The fourth-order valence-electron chi connectivity index (χ4n) is 11.4. The number of allylic oxidation sites excluding steroid dienone is 1. The van der Waals surface area contributed by atoms with Gasteiger partial charge in [0.2, 0.25) is 8.32 Å². The molecular weight excluding hydrogens is 693 g/mol. The Morgan fingerprint density at radius 3 is 2.31 bits per heavy atom.